The summed E-state index contributed by atoms with van der Waals surface area (Å²) < 4.78 is 0. The van der Waals surface area contributed by atoms with Crippen molar-refractivity contribution in [3.05, 3.63) is 0 Å². The van der Waals surface area contributed by atoms with Crippen molar-refractivity contribution in [3.63, 3.8) is 0 Å². The molecule has 15 heavy (non-hydrogen) atoms. The van der Waals surface area contributed by atoms with Crippen LogP contribution in [0.15, 0.2) is 0 Å². The van der Waals surface area contributed by atoms with E-state index in [1.54, 1.807) is 0 Å². The van der Waals surface area contributed by atoms with E-state index in [2.05, 4.69) is 11.0 Å². The lowest BCUT2D eigenvalue weighted by Crippen LogP contribution is -2.49. The molecule has 4 nitrogen and oxygen atoms in total. The number of piperazine rings is 1. The molecule has 0 aliphatic carbocycles. The third-order valence-electron chi connectivity index (χ3n) is 2.72. The Labute approximate surface area is 91.5 Å². The number of nitrogens with zero attached hydrogens (tertiary/aromatic N) is 3. The first-order valence-electron chi connectivity index (χ1n) is 5.53. The minimum absolute atomic E-state index is 0.0932. The minimum Gasteiger partial charge on any atom is -0.340 e. The molecule has 1 rings (SSSR count). The van der Waals surface area contributed by atoms with Gasteiger partial charge in [0.15, 0.2) is 0 Å². The Morgan fingerprint density at radius 1 is 1.33 bits per heavy atom. The second kappa shape index (κ2) is 5.72. The van der Waals surface area contributed by atoms with Crippen LogP contribution in [-0.2, 0) is 4.79 Å². The molecule has 0 aromatic heterocycles. The number of amides is 1. The maximum Gasteiger partial charge on any atom is 0.225 e. The van der Waals surface area contributed by atoms with Crippen LogP contribution in [0, 0.1) is 17.2 Å². The largest absolute Gasteiger partial charge is 0.340 e. The van der Waals surface area contributed by atoms with E-state index in [1.807, 2.05) is 18.7 Å². The van der Waals surface area contributed by atoms with E-state index in [0.717, 1.165) is 32.7 Å². The van der Waals surface area contributed by atoms with Crippen molar-refractivity contribution in [2.24, 2.45) is 5.92 Å². The molecule has 1 saturated heterocycles. The van der Waals surface area contributed by atoms with E-state index in [1.165, 1.54) is 0 Å². The highest BCUT2D eigenvalue weighted by molar-refractivity contribution is 5.78. The van der Waals surface area contributed by atoms with Crippen molar-refractivity contribution in [2.45, 2.75) is 20.3 Å². The summed E-state index contributed by atoms with van der Waals surface area (Å²) in [5, 5.41) is 8.47. The second-order valence-corrected chi connectivity index (χ2v) is 4.23. The van der Waals surface area contributed by atoms with Crippen LogP contribution in [0.1, 0.15) is 20.3 Å². The molecule has 0 N–H and O–H groups in total. The SMILES string of the molecule is CC(C)C(=O)N1CCN(CCC#N)CC1. The number of hydrogen-bond acceptors (Lipinski definition) is 3. The van der Waals surface area contributed by atoms with Gasteiger partial charge in [0.25, 0.3) is 0 Å². The van der Waals surface area contributed by atoms with Gasteiger partial charge in [0.2, 0.25) is 5.91 Å². The predicted molar refractivity (Wildman–Crippen MR) is 58.1 cm³/mol. The molecule has 1 aliphatic heterocycles. The summed E-state index contributed by atoms with van der Waals surface area (Å²) in [5.41, 5.74) is 0. The Balaban J connectivity index is 2.30. The number of carbonyl (C=O) groups excluding carboxylic acids is 1. The normalized spacial score (nSPS) is 17.9. The van der Waals surface area contributed by atoms with E-state index in [-0.39, 0.29) is 11.8 Å². The van der Waals surface area contributed by atoms with Gasteiger partial charge in [0.05, 0.1) is 6.07 Å². The van der Waals surface area contributed by atoms with Crippen molar-refractivity contribution in [1.82, 2.24) is 9.80 Å². The van der Waals surface area contributed by atoms with Gasteiger partial charge in [-0.1, -0.05) is 13.8 Å². The summed E-state index contributed by atoms with van der Waals surface area (Å²) >= 11 is 0. The van der Waals surface area contributed by atoms with Crippen LogP contribution in [0.3, 0.4) is 0 Å². The topological polar surface area (TPSA) is 47.3 Å². The summed E-state index contributed by atoms with van der Waals surface area (Å²) in [5.74, 6) is 0.339. The Hall–Kier alpha value is -1.08. The highest BCUT2D eigenvalue weighted by Gasteiger charge is 2.22. The molecule has 0 unspecified atom stereocenters. The van der Waals surface area contributed by atoms with E-state index in [9.17, 15) is 4.79 Å². The van der Waals surface area contributed by atoms with E-state index in [4.69, 9.17) is 5.26 Å². The molecule has 1 fully saturated rings. The summed E-state index contributed by atoms with van der Waals surface area (Å²) in [6, 6.07) is 2.14. The number of hydrogen-bond donors (Lipinski definition) is 0. The van der Waals surface area contributed by atoms with Crippen molar-refractivity contribution < 1.29 is 4.79 Å². The lowest BCUT2D eigenvalue weighted by molar-refractivity contribution is -0.136. The second-order valence-electron chi connectivity index (χ2n) is 4.23. The number of rotatable bonds is 3. The zero-order valence-electron chi connectivity index (χ0n) is 9.57. The van der Waals surface area contributed by atoms with Gasteiger partial charge in [-0.25, -0.2) is 0 Å². The van der Waals surface area contributed by atoms with Crippen molar-refractivity contribution in [1.29, 1.82) is 5.26 Å². The molecular weight excluding hydrogens is 190 g/mol. The Kier molecular flexibility index (Phi) is 4.57. The Morgan fingerprint density at radius 3 is 2.40 bits per heavy atom. The summed E-state index contributed by atoms with van der Waals surface area (Å²) in [6.07, 6.45) is 0.581. The Morgan fingerprint density at radius 2 is 1.93 bits per heavy atom. The molecule has 0 atom stereocenters. The van der Waals surface area contributed by atoms with E-state index >= 15 is 0 Å². The van der Waals surface area contributed by atoms with Crippen LogP contribution in [0.5, 0.6) is 0 Å². The molecular formula is C11H19N3O. The highest BCUT2D eigenvalue weighted by atomic mass is 16.2. The summed E-state index contributed by atoms with van der Waals surface area (Å²) in [7, 11) is 0. The van der Waals surface area contributed by atoms with Gasteiger partial charge < -0.3 is 4.90 Å². The molecule has 1 aliphatic rings. The third kappa shape index (κ3) is 3.52. The first-order chi connectivity index (χ1) is 7.15. The summed E-state index contributed by atoms with van der Waals surface area (Å²) in [4.78, 5) is 15.8. The standard InChI is InChI=1S/C11H19N3O/c1-10(2)11(15)14-8-6-13(7-9-14)5-3-4-12/h10H,3,5-9H2,1-2H3. The zero-order valence-corrected chi connectivity index (χ0v) is 9.57. The van der Waals surface area contributed by atoms with Crippen molar-refractivity contribution in [2.75, 3.05) is 32.7 Å². The average molecular weight is 209 g/mol. The highest BCUT2D eigenvalue weighted by Crippen LogP contribution is 2.07. The number of nitriles is 1. The molecule has 0 saturated carbocycles. The summed E-state index contributed by atoms with van der Waals surface area (Å²) in [6.45, 7) is 8.13. The molecule has 1 amide bonds. The minimum atomic E-state index is 0.0932. The van der Waals surface area contributed by atoms with Gasteiger partial charge >= 0.3 is 0 Å². The molecule has 0 spiro atoms. The van der Waals surface area contributed by atoms with Crippen LogP contribution in [-0.4, -0.2) is 48.4 Å². The van der Waals surface area contributed by atoms with Gasteiger partial charge in [-0.05, 0) is 0 Å². The van der Waals surface area contributed by atoms with Crippen LogP contribution in [0.25, 0.3) is 0 Å². The fourth-order valence-electron chi connectivity index (χ4n) is 1.77. The first-order valence-corrected chi connectivity index (χ1v) is 5.53. The molecule has 0 radical (unpaired) electrons. The number of carbonyl (C=O) groups is 1. The lowest BCUT2D eigenvalue weighted by atomic mass is 10.1. The maximum absolute atomic E-state index is 11.7. The fraction of sp³-hybridized carbons (Fsp3) is 0.818. The quantitative estimate of drug-likeness (QED) is 0.687. The van der Waals surface area contributed by atoms with Crippen molar-refractivity contribution in [3.8, 4) is 6.07 Å². The smallest absolute Gasteiger partial charge is 0.225 e. The molecule has 0 aromatic rings. The third-order valence-corrected chi connectivity index (χ3v) is 2.72. The molecule has 84 valence electrons. The zero-order chi connectivity index (χ0) is 11.3. The van der Waals surface area contributed by atoms with Crippen LogP contribution >= 0.6 is 0 Å². The average Bonchev–Trinajstić information content (AvgIpc) is 2.26. The Bertz CT molecular complexity index is 249. The van der Waals surface area contributed by atoms with Gasteiger partial charge in [-0.3, -0.25) is 9.69 Å². The van der Waals surface area contributed by atoms with Crippen LogP contribution in [0.4, 0.5) is 0 Å². The molecule has 0 bridgehead atoms. The monoisotopic (exact) mass is 209 g/mol. The van der Waals surface area contributed by atoms with Crippen LogP contribution < -0.4 is 0 Å². The van der Waals surface area contributed by atoms with Gasteiger partial charge in [-0.15, -0.1) is 0 Å². The van der Waals surface area contributed by atoms with Crippen molar-refractivity contribution >= 4 is 5.91 Å². The van der Waals surface area contributed by atoms with Gasteiger partial charge in [-0.2, -0.15) is 5.26 Å². The fourth-order valence-corrected chi connectivity index (χ4v) is 1.77. The van der Waals surface area contributed by atoms with Gasteiger partial charge in [0, 0.05) is 45.1 Å². The first kappa shape index (κ1) is 12.0. The van der Waals surface area contributed by atoms with Gasteiger partial charge in [0.1, 0.15) is 0 Å². The predicted octanol–water partition coefficient (Wildman–Crippen LogP) is 0.700. The van der Waals surface area contributed by atoms with E-state index in [0.29, 0.717) is 6.42 Å². The van der Waals surface area contributed by atoms with Crippen LogP contribution in [0.2, 0.25) is 0 Å². The lowest BCUT2D eigenvalue weighted by Gasteiger charge is -2.35. The molecule has 4 heteroatoms. The molecule has 1 heterocycles. The molecule has 0 aromatic carbocycles. The van der Waals surface area contributed by atoms with E-state index < -0.39 is 0 Å². The maximum atomic E-state index is 11.7.